The minimum absolute atomic E-state index is 0.112. The molecule has 0 saturated carbocycles. The van der Waals surface area contributed by atoms with Crippen LogP contribution in [0.25, 0.3) is 0 Å². The number of carbonyl (C=O) groups excluding carboxylic acids is 2. The number of nitrogens with one attached hydrogen (secondary N) is 1. The fourth-order valence-corrected chi connectivity index (χ4v) is 1.40. The first kappa shape index (κ1) is 15.0. The van der Waals surface area contributed by atoms with Crippen LogP contribution in [0.4, 0.5) is 4.79 Å². The second-order valence-electron chi connectivity index (χ2n) is 4.17. The summed E-state index contributed by atoms with van der Waals surface area (Å²) >= 11 is 0. The maximum absolute atomic E-state index is 11.6. The molecule has 1 aromatic rings. The zero-order chi connectivity index (χ0) is 14.3. The van der Waals surface area contributed by atoms with Crippen molar-refractivity contribution in [3.05, 3.63) is 35.9 Å². The molecular formula is C13H18N2O4. The molecule has 0 bridgehead atoms. The number of carbonyl (C=O) groups is 2. The van der Waals surface area contributed by atoms with Crippen molar-refractivity contribution in [1.29, 1.82) is 0 Å². The average molecular weight is 266 g/mol. The lowest BCUT2D eigenvalue weighted by Crippen LogP contribution is -2.48. The third-order valence-corrected chi connectivity index (χ3v) is 2.43. The van der Waals surface area contributed by atoms with Crippen molar-refractivity contribution in [3.63, 3.8) is 0 Å². The number of ether oxygens (including phenoxy) is 1. The van der Waals surface area contributed by atoms with Gasteiger partial charge in [-0.3, -0.25) is 4.79 Å². The van der Waals surface area contributed by atoms with Gasteiger partial charge in [0.05, 0.1) is 6.61 Å². The maximum atomic E-state index is 11.6. The van der Waals surface area contributed by atoms with Crippen molar-refractivity contribution >= 4 is 12.0 Å². The number of nitrogens with zero attached hydrogens (tertiary/aromatic N) is 1. The van der Waals surface area contributed by atoms with E-state index in [0.29, 0.717) is 0 Å². The largest absolute Gasteiger partial charge is 0.445 e. The lowest BCUT2D eigenvalue weighted by molar-refractivity contribution is -0.131. The van der Waals surface area contributed by atoms with E-state index in [-0.39, 0.29) is 12.5 Å². The number of aliphatic hydroxyl groups is 1. The molecule has 104 valence electrons. The van der Waals surface area contributed by atoms with Gasteiger partial charge in [0, 0.05) is 14.1 Å². The molecule has 6 heteroatoms. The Balaban J connectivity index is 2.44. The van der Waals surface area contributed by atoms with Crippen LogP contribution in [0.15, 0.2) is 30.3 Å². The Bertz CT molecular complexity index is 420. The Labute approximate surface area is 112 Å². The first-order valence-corrected chi connectivity index (χ1v) is 5.84. The average Bonchev–Trinajstić information content (AvgIpc) is 2.42. The highest BCUT2D eigenvalue weighted by Crippen LogP contribution is 2.01. The Morgan fingerprint density at radius 2 is 1.95 bits per heavy atom. The fraction of sp³-hybridized carbons (Fsp3) is 0.385. The predicted octanol–water partition coefficient (Wildman–Crippen LogP) is 0.362. The number of hydrogen-bond acceptors (Lipinski definition) is 4. The summed E-state index contributed by atoms with van der Waals surface area (Å²) in [4.78, 5) is 24.4. The van der Waals surface area contributed by atoms with E-state index in [9.17, 15) is 9.59 Å². The smallest absolute Gasteiger partial charge is 0.408 e. The topological polar surface area (TPSA) is 78.9 Å². The van der Waals surface area contributed by atoms with Crippen LogP contribution in [0.5, 0.6) is 0 Å². The number of benzene rings is 1. The van der Waals surface area contributed by atoms with E-state index in [1.165, 1.54) is 4.90 Å². The van der Waals surface area contributed by atoms with Gasteiger partial charge in [0.15, 0.2) is 0 Å². The second kappa shape index (κ2) is 7.38. The van der Waals surface area contributed by atoms with Gasteiger partial charge in [0.2, 0.25) is 5.91 Å². The van der Waals surface area contributed by atoms with Crippen molar-refractivity contribution in [2.24, 2.45) is 0 Å². The summed E-state index contributed by atoms with van der Waals surface area (Å²) < 4.78 is 4.96. The first-order valence-electron chi connectivity index (χ1n) is 5.84. The Morgan fingerprint density at radius 1 is 1.32 bits per heavy atom. The van der Waals surface area contributed by atoms with Crippen LogP contribution in [-0.2, 0) is 16.1 Å². The van der Waals surface area contributed by atoms with Crippen LogP contribution >= 0.6 is 0 Å². The number of rotatable bonds is 5. The van der Waals surface area contributed by atoms with Gasteiger partial charge in [-0.1, -0.05) is 30.3 Å². The quantitative estimate of drug-likeness (QED) is 0.806. The molecule has 2 N–H and O–H groups in total. The zero-order valence-corrected chi connectivity index (χ0v) is 11.0. The van der Waals surface area contributed by atoms with E-state index in [2.05, 4.69) is 5.32 Å². The third-order valence-electron chi connectivity index (χ3n) is 2.43. The molecule has 6 nitrogen and oxygen atoms in total. The number of alkyl carbamates (subject to hydrolysis) is 1. The van der Waals surface area contributed by atoms with Gasteiger partial charge in [0.1, 0.15) is 12.6 Å². The van der Waals surface area contributed by atoms with Gasteiger partial charge < -0.3 is 20.1 Å². The van der Waals surface area contributed by atoms with Gasteiger partial charge in [-0.05, 0) is 5.56 Å². The molecule has 0 aliphatic carbocycles. The lowest BCUT2D eigenvalue weighted by Gasteiger charge is -2.19. The van der Waals surface area contributed by atoms with E-state index in [1.807, 2.05) is 30.3 Å². The standard InChI is InChI=1S/C13H18N2O4/c1-15(2)12(17)11(8-16)14-13(18)19-9-10-6-4-3-5-7-10/h3-7,11,16H,8-9H2,1-2H3,(H,14,18)/t11-/m0/s1. The molecule has 2 amide bonds. The molecule has 0 aliphatic rings. The molecule has 0 aromatic heterocycles. The summed E-state index contributed by atoms with van der Waals surface area (Å²) in [6, 6.07) is 8.19. The summed E-state index contributed by atoms with van der Waals surface area (Å²) in [6.45, 7) is -0.363. The van der Waals surface area contributed by atoms with Crippen LogP contribution in [0.1, 0.15) is 5.56 Å². The molecule has 0 fully saturated rings. The van der Waals surface area contributed by atoms with E-state index < -0.39 is 18.7 Å². The summed E-state index contributed by atoms with van der Waals surface area (Å²) in [6.07, 6.45) is -0.738. The van der Waals surface area contributed by atoms with Crippen LogP contribution < -0.4 is 5.32 Å². The van der Waals surface area contributed by atoms with E-state index in [0.717, 1.165) is 5.56 Å². The summed E-state index contributed by atoms with van der Waals surface area (Å²) in [7, 11) is 3.09. The van der Waals surface area contributed by atoms with E-state index in [4.69, 9.17) is 9.84 Å². The van der Waals surface area contributed by atoms with Crippen LogP contribution in [0.3, 0.4) is 0 Å². The zero-order valence-electron chi connectivity index (χ0n) is 11.0. The highest BCUT2D eigenvalue weighted by molar-refractivity contribution is 5.85. The van der Waals surface area contributed by atoms with Crippen molar-refractivity contribution in [2.75, 3.05) is 20.7 Å². The molecule has 0 radical (unpaired) electrons. The first-order chi connectivity index (χ1) is 9.04. The molecule has 0 heterocycles. The maximum Gasteiger partial charge on any atom is 0.408 e. The normalized spacial score (nSPS) is 11.5. The SMILES string of the molecule is CN(C)C(=O)[C@H](CO)NC(=O)OCc1ccccc1. The molecular weight excluding hydrogens is 248 g/mol. The predicted molar refractivity (Wildman–Crippen MR) is 69.3 cm³/mol. The number of aliphatic hydroxyl groups excluding tert-OH is 1. The highest BCUT2D eigenvalue weighted by Gasteiger charge is 2.21. The Kier molecular flexibility index (Phi) is 5.81. The molecule has 19 heavy (non-hydrogen) atoms. The minimum Gasteiger partial charge on any atom is -0.445 e. The summed E-state index contributed by atoms with van der Waals surface area (Å²) in [5.41, 5.74) is 0.845. The van der Waals surface area contributed by atoms with Crippen molar-refractivity contribution < 1.29 is 19.4 Å². The van der Waals surface area contributed by atoms with Crippen molar-refractivity contribution in [2.45, 2.75) is 12.6 Å². The molecule has 0 spiro atoms. The molecule has 1 aromatic carbocycles. The monoisotopic (exact) mass is 266 g/mol. The van der Waals surface area contributed by atoms with Gasteiger partial charge >= 0.3 is 6.09 Å². The molecule has 0 saturated heterocycles. The molecule has 0 aliphatic heterocycles. The van der Waals surface area contributed by atoms with Crippen LogP contribution in [-0.4, -0.2) is 48.8 Å². The van der Waals surface area contributed by atoms with Crippen molar-refractivity contribution in [3.8, 4) is 0 Å². The number of likely N-dealkylation sites (N-methyl/N-ethyl adjacent to an activating group) is 1. The van der Waals surface area contributed by atoms with E-state index in [1.54, 1.807) is 14.1 Å². The third kappa shape index (κ3) is 4.97. The van der Waals surface area contributed by atoms with Crippen LogP contribution in [0.2, 0.25) is 0 Å². The molecule has 0 unspecified atom stereocenters. The minimum atomic E-state index is -0.988. The van der Waals surface area contributed by atoms with Gasteiger partial charge in [-0.25, -0.2) is 4.79 Å². The summed E-state index contributed by atoms with van der Waals surface area (Å²) in [5, 5.41) is 11.4. The second-order valence-corrected chi connectivity index (χ2v) is 4.17. The van der Waals surface area contributed by atoms with Gasteiger partial charge in [-0.15, -0.1) is 0 Å². The number of hydrogen-bond donors (Lipinski definition) is 2. The van der Waals surface area contributed by atoms with Gasteiger partial charge in [-0.2, -0.15) is 0 Å². The molecule has 1 atom stereocenters. The Morgan fingerprint density at radius 3 is 2.47 bits per heavy atom. The highest BCUT2D eigenvalue weighted by atomic mass is 16.5. The molecule has 1 rings (SSSR count). The van der Waals surface area contributed by atoms with Crippen LogP contribution in [0, 0.1) is 0 Å². The number of amides is 2. The van der Waals surface area contributed by atoms with Gasteiger partial charge in [0.25, 0.3) is 0 Å². The van der Waals surface area contributed by atoms with E-state index >= 15 is 0 Å². The van der Waals surface area contributed by atoms with Crippen molar-refractivity contribution in [1.82, 2.24) is 10.2 Å². The Hall–Kier alpha value is -2.08. The fourth-order valence-electron chi connectivity index (χ4n) is 1.40. The lowest BCUT2D eigenvalue weighted by atomic mass is 10.2. The summed E-state index contributed by atoms with van der Waals surface area (Å²) in [5.74, 6) is -0.390.